The maximum atomic E-state index is 11.9. The molecule has 0 rings (SSSR count). The highest BCUT2D eigenvalue weighted by Crippen LogP contribution is 1.98. The summed E-state index contributed by atoms with van der Waals surface area (Å²) in [4.78, 5) is 35.2. The molecular weight excluding hydrogens is 246 g/mol. The second kappa shape index (κ2) is 11.5. The third-order valence-corrected chi connectivity index (χ3v) is 2.62. The maximum absolute atomic E-state index is 11.9. The molecule has 19 heavy (non-hydrogen) atoms. The Hall–Kier alpha value is -1.59. The highest BCUT2D eigenvalue weighted by atomic mass is 16.2. The van der Waals surface area contributed by atoms with Crippen LogP contribution < -0.4 is 10.6 Å². The van der Waals surface area contributed by atoms with Crippen molar-refractivity contribution in [1.82, 2.24) is 15.5 Å². The minimum Gasteiger partial charge on any atom is -0.359 e. The maximum Gasteiger partial charge on any atom is 0.311 e. The van der Waals surface area contributed by atoms with Gasteiger partial charge in [0.15, 0.2) is 0 Å². The summed E-state index contributed by atoms with van der Waals surface area (Å²) in [6, 6.07) is 0. The summed E-state index contributed by atoms with van der Waals surface area (Å²) in [6.45, 7) is 6.15. The van der Waals surface area contributed by atoms with Gasteiger partial charge in [0.1, 0.15) is 0 Å². The van der Waals surface area contributed by atoms with Crippen molar-refractivity contribution in [2.45, 2.75) is 39.5 Å². The van der Waals surface area contributed by atoms with E-state index < -0.39 is 11.8 Å². The summed E-state index contributed by atoms with van der Waals surface area (Å²) in [6.07, 6.45) is 3.96. The average Bonchev–Trinajstić information content (AvgIpc) is 2.42. The Morgan fingerprint density at radius 3 is 2.37 bits per heavy atom. The molecule has 6 heteroatoms. The fourth-order valence-corrected chi connectivity index (χ4v) is 1.60. The Bertz CT molecular complexity index is 282. The fraction of sp³-hybridized carbons (Fsp3) is 0.769. The molecule has 0 bridgehead atoms. The highest BCUT2D eigenvalue weighted by Gasteiger charge is 2.19. The Balaban J connectivity index is 4.03. The molecule has 0 atom stereocenters. The molecule has 0 aliphatic carbocycles. The fourth-order valence-electron chi connectivity index (χ4n) is 1.60. The van der Waals surface area contributed by atoms with E-state index in [2.05, 4.69) is 17.6 Å². The van der Waals surface area contributed by atoms with E-state index in [4.69, 9.17) is 0 Å². The lowest BCUT2D eigenvalue weighted by Gasteiger charge is -2.21. The molecule has 6 nitrogen and oxygen atoms in total. The van der Waals surface area contributed by atoms with E-state index in [1.807, 2.05) is 6.92 Å². The lowest BCUT2D eigenvalue weighted by atomic mass is 10.3. The third kappa shape index (κ3) is 8.18. The van der Waals surface area contributed by atoms with E-state index >= 15 is 0 Å². The smallest absolute Gasteiger partial charge is 0.311 e. The van der Waals surface area contributed by atoms with Crippen LogP contribution in [0.4, 0.5) is 0 Å². The molecule has 0 radical (unpaired) electrons. The molecule has 0 heterocycles. The molecule has 0 aromatic heterocycles. The zero-order valence-electron chi connectivity index (χ0n) is 11.9. The van der Waals surface area contributed by atoms with Crippen LogP contribution in [0.25, 0.3) is 0 Å². The summed E-state index contributed by atoms with van der Waals surface area (Å²) in [7, 11) is 0. The first-order chi connectivity index (χ1) is 9.17. The Labute approximate surface area is 114 Å². The summed E-state index contributed by atoms with van der Waals surface area (Å²) < 4.78 is 0. The van der Waals surface area contributed by atoms with E-state index in [1.54, 1.807) is 4.90 Å². The van der Waals surface area contributed by atoms with Crippen LogP contribution in [0, 0.1) is 0 Å². The van der Waals surface area contributed by atoms with Crippen molar-refractivity contribution in [3.8, 4) is 0 Å². The van der Waals surface area contributed by atoms with Crippen LogP contribution in [-0.2, 0) is 14.4 Å². The number of hydrogen-bond donors (Lipinski definition) is 2. The van der Waals surface area contributed by atoms with Crippen molar-refractivity contribution in [3.63, 3.8) is 0 Å². The Morgan fingerprint density at radius 2 is 1.79 bits per heavy atom. The van der Waals surface area contributed by atoms with Crippen molar-refractivity contribution < 1.29 is 14.4 Å². The lowest BCUT2D eigenvalue weighted by Crippen LogP contribution is -2.44. The number of nitrogens with one attached hydrogen (secondary N) is 2. The standard InChI is InChI=1S/C13H25N3O3/c1-3-5-10-16(9-4-2)13(19)12(18)15-8-6-7-14-11-17/h11H,3-10H2,1-2H3,(H,14,17)(H,15,18). The number of rotatable bonds is 10. The van der Waals surface area contributed by atoms with Crippen molar-refractivity contribution >= 4 is 18.2 Å². The molecule has 0 aliphatic rings. The number of unbranched alkanes of at least 4 members (excludes halogenated alkanes) is 1. The molecule has 0 saturated heterocycles. The molecular formula is C13H25N3O3. The van der Waals surface area contributed by atoms with E-state index in [0.29, 0.717) is 39.0 Å². The van der Waals surface area contributed by atoms with Crippen LogP contribution in [0.2, 0.25) is 0 Å². The monoisotopic (exact) mass is 271 g/mol. The topological polar surface area (TPSA) is 78.5 Å². The van der Waals surface area contributed by atoms with Gasteiger partial charge in [-0.3, -0.25) is 14.4 Å². The SMILES string of the molecule is CCCCN(CCC)C(=O)C(=O)NCCCNC=O. The Kier molecular flexibility index (Phi) is 10.5. The van der Waals surface area contributed by atoms with Gasteiger partial charge in [-0.1, -0.05) is 20.3 Å². The molecule has 0 aromatic carbocycles. The second-order valence-corrected chi connectivity index (χ2v) is 4.33. The molecule has 2 N–H and O–H groups in total. The minimum atomic E-state index is -0.560. The molecule has 0 saturated carbocycles. The summed E-state index contributed by atoms with van der Waals surface area (Å²) >= 11 is 0. The number of amides is 3. The van der Waals surface area contributed by atoms with E-state index in [9.17, 15) is 14.4 Å². The van der Waals surface area contributed by atoms with Crippen molar-refractivity contribution in [2.24, 2.45) is 0 Å². The van der Waals surface area contributed by atoms with Gasteiger partial charge in [-0.15, -0.1) is 0 Å². The first-order valence-corrected chi connectivity index (χ1v) is 6.91. The highest BCUT2D eigenvalue weighted by molar-refractivity contribution is 6.34. The molecule has 0 spiro atoms. The van der Waals surface area contributed by atoms with Gasteiger partial charge in [0, 0.05) is 26.2 Å². The zero-order valence-corrected chi connectivity index (χ0v) is 11.9. The second-order valence-electron chi connectivity index (χ2n) is 4.33. The van der Waals surface area contributed by atoms with Gasteiger partial charge in [0.2, 0.25) is 6.41 Å². The van der Waals surface area contributed by atoms with E-state index in [0.717, 1.165) is 19.3 Å². The Morgan fingerprint density at radius 1 is 1.05 bits per heavy atom. The molecule has 0 fully saturated rings. The molecule has 110 valence electrons. The predicted octanol–water partition coefficient (Wildman–Crippen LogP) is 0.277. The molecule has 0 unspecified atom stereocenters. The third-order valence-electron chi connectivity index (χ3n) is 2.62. The van der Waals surface area contributed by atoms with Crippen molar-refractivity contribution in [3.05, 3.63) is 0 Å². The van der Waals surface area contributed by atoms with Gasteiger partial charge >= 0.3 is 11.8 Å². The molecule has 0 aliphatic heterocycles. The van der Waals surface area contributed by atoms with Gasteiger partial charge < -0.3 is 15.5 Å². The first kappa shape index (κ1) is 17.4. The molecule has 0 aromatic rings. The summed E-state index contributed by atoms with van der Waals surface area (Å²) in [5, 5.41) is 5.07. The van der Waals surface area contributed by atoms with Crippen LogP contribution >= 0.6 is 0 Å². The summed E-state index contributed by atoms with van der Waals surface area (Å²) in [5.74, 6) is -1.02. The van der Waals surface area contributed by atoms with Crippen LogP contribution in [0.1, 0.15) is 39.5 Å². The normalized spacial score (nSPS) is 9.79. The van der Waals surface area contributed by atoms with E-state index in [1.165, 1.54) is 0 Å². The van der Waals surface area contributed by atoms with Crippen molar-refractivity contribution in [1.29, 1.82) is 0 Å². The van der Waals surface area contributed by atoms with Gasteiger partial charge in [-0.25, -0.2) is 0 Å². The van der Waals surface area contributed by atoms with Gasteiger partial charge in [-0.2, -0.15) is 0 Å². The average molecular weight is 271 g/mol. The molecule has 3 amide bonds. The lowest BCUT2D eigenvalue weighted by molar-refractivity contribution is -0.145. The quantitative estimate of drug-likeness (QED) is 0.340. The largest absolute Gasteiger partial charge is 0.359 e. The minimum absolute atomic E-state index is 0.388. The van der Waals surface area contributed by atoms with Crippen LogP contribution in [0.15, 0.2) is 0 Å². The van der Waals surface area contributed by atoms with Crippen LogP contribution in [-0.4, -0.2) is 49.3 Å². The number of nitrogens with zero attached hydrogens (tertiary/aromatic N) is 1. The van der Waals surface area contributed by atoms with Gasteiger partial charge in [-0.05, 0) is 19.3 Å². The first-order valence-electron chi connectivity index (χ1n) is 6.91. The van der Waals surface area contributed by atoms with Gasteiger partial charge in [0.25, 0.3) is 0 Å². The summed E-state index contributed by atoms with van der Waals surface area (Å²) in [5.41, 5.74) is 0. The number of hydrogen-bond acceptors (Lipinski definition) is 3. The van der Waals surface area contributed by atoms with Crippen molar-refractivity contribution in [2.75, 3.05) is 26.2 Å². The van der Waals surface area contributed by atoms with Crippen LogP contribution in [0.5, 0.6) is 0 Å². The predicted molar refractivity (Wildman–Crippen MR) is 73.5 cm³/mol. The zero-order chi connectivity index (χ0) is 14.5. The number of carbonyl (C=O) groups is 3. The van der Waals surface area contributed by atoms with E-state index in [-0.39, 0.29) is 0 Å². The van der Waals surface area contributed by atoms with Gasteiger partial charge in [0.05, 0.1) is 0 Å². The van der Waals surface area contributed by atoms with Crippen LogP contribution in [0.3, 0.4) is 0 Å². The number of carbonyl (C=O) groups excluding carboxylic acids is 3.